The summed E-state index contributed by atoms with van der Waals surface area (Å²) in [5, 5.41) is 0. The van der Waals surface area contributed by atoms with Gasteiger partial charge in [-0.2, -0.15) is 0 Å². The van der Waals surface area contributed by atoms with Crippen LogP contribution in [0.25, 0.3) is 0 Å². The highest BCUT2D eigenvalue weighted by atomic mass is 14.7. The molecule has 0 spiro atoms. The van der Waals surface area contributed by atoms with Crippen molar-refractivity contribution in [3.63, 3.8) is 0 Å². The minimum Gasteiger partial charge on any atom is -0.399 e. The summed E-state index contributed by atoms with van der Waals surface area (Å²) in [6.45, 7) is 0.667. The summed E-state index contributed by atoms with van der Waals surface area (Å²) in [7, 11) is 0. The van der Waals surface area contributed by atoms with E-state index in [0.717, 1.165) is 24.1 Å². The highest BCUT2D eigenvalue weighted by Gasteiger charge is 1.95. The zero-order valence-electron chi connectivity index (χ0n) is 10.3. The number of pyridine rings is 1. The van der Waals surface area contributed by atoms with Crippen molar-refractivity contribution in [3.8, 4) is 0 Å². The Morgan fingerprint density at radius 2 is 2.33 bits per heavy atom. The average Bonchev–Trinajstić information content (AvgIpc) is 2.38. The number of aromatic nitrogens is 1. The maximum atomic E-state index is 5.76. The van der Waals surface area contributed by atoms with E-state index in [1.165, 1.54) is 5.57 Å². The van der Waals surface area contributed by atoms with Crippen molar-refractivity contribution in [1.29, 1.82) is 0 Å². The molecule has 0 unspecified atom stereocenters. The van der Waals surface area contributed by atoms with Crippen molar-refractivity contribution in [2.45, 2.75) is 19.4 Å². The van der Waals surface area contributed by atoms with Crippen LogP contribution in [0.1, 0.15) is 18.4 Å². The number of nitrogens with zero attached hydrogens (tertiary/aromatic N) is 2. The molecule has 0 bridgehead atoms. The third kappa shape index (κ3) is 4.01. The Labute approximate surface area is 107 Å². The molecule has 3 nitrogen and oxygen atoms in total. The minimum absolute atomic E-state index is 0.667. The number of rotatable bonds is 3. The maximum absolute atomic E-state index is 5.76. The summed E-state index contributed by atoms with van der Waals surface area (Å²) in [5.74, 6) is 0. The van der Waals surface area contributed by atoms with Gasteiger partial charge in [0.2, 0.25) is 0 Å². The number of nitrogens with two attached hydrogens (primary N) is 1. The molecule has 3 heteroatoms. The van der Waals surface area contributed by atoms with Crippen LogP contribution in [-0.4, -0.2) is 11.2 Å². The molecule has 0 aliphatic heterocycles. The van der Waals surface area contributed by atoms with Gasteiger partial charge in [-0.25, -0.2) is 0 Å². The Bertz CT molecular complexity index is 496. The Kier molecular flexibility index (Phi) is 4.47. The normalized spacial score (nSPS) is 23.6. The van der Waals surface area contributed by atoms with E-state index in [1.807, 2.05) is 42.8 Å². The van der Waals surface area contributed by atoms with Crippen molar-refractivity contribution in [2.24, 2.45) is 10.7 Å². The largest absolute Gasteiger partial charge is 0.399 e. The van der Waals surface area contributed by atoms with Gasteiger partial charge in [0, 0.05) is 24.3 Å². The Morgan fingerprint density at radius 3 is 3.17 bits per heavy atom. The van der Waals surface area contributed by atoms with E-state index < -0.39 is 0 Å². The van der Waals surface area contributed by atoms with E-state index in [4.69, 9.17) is 5.73 Å². The first-order valence-corrected chi connectivity index (χ1v) is 6.06. The average molecular weight is 239 g/mol. The fourth-order valence-corrected chi connectivity index (χ4v) is 1.68. The second-order valence-corrected chi connectivity index (χ2v) is 4.18. The van der Waals surface area contributed by atoms with Crippen LogP contribution >= 0.6 is 0 Å². The zero-order chi connectivity index (χ0) is 12.6. The van der Waals surface area contributed by atoms with Crippen molar-refractivity contribution in [2.75, 3.05) is 0 Å². The molecule has 0 fully saturated rings. The molecule has 0 amide bonds. The number of aliphatic imine (C=N–C) groups is 1. The molecular formula is C15H17N3. The van der Waals surface area contributed by atoms with Crippen LogP contribution in [0.2, 0.25) is 0 Å². The lowest BCUT2D eigenvalue weighted by atomic mass is 10.1. The zero-order valence-corrected chi connectivity index (χ0v) is 10.3. The second kappa shape index (κ2) is 6.55. The van der Waals surface area contributed by atoms with Gasteiger partial charge >= 0.3 is 0 Å². The molecule has 2 rings (SSSR count). The van der Waals surface area contributed by atoms with Crippen molar-refractivity contribution in [1.82, 2.24) is 4.98 Å². The first kappa shape index (κ1) is 12.3. The van der Waals surface area contributed by atoms with E-state index in [-0.39, 0.29) is 0 Å². The SMILES string of the molecule is NC1=C/C=C(/C=NCc2cccnc2)CC/C=C\1. The molecule has 18 heavy (non-hydrogen) atoms. The van der Waals surface area contributed by atoms with Crippen LogP contribution in [-0.2, 0) is 6.54 Å². The number of hydrogen-bond acceptors (Lipinski definition) is 3. The lowest BCUT2D eigenvalue weighted by Gasteiger charge is -2.02. The lowest BCUT2D eigenvalue weighted by molar-refractivity contribution is 1.00. The smallest absolute Gasteiger partial charge is 0.0654 e. The molecular weight excluding hydrogens is 222 g/mol. The molecule has 0 saturated carbocycles. The van der Waals surface area contributed by atoms with Gasteiger partial charge < -0.3 is 5.73 Å². The fraction of sp³-hybridized carbons (Fsp3) is 0.200. The standard InChI is InChI=1S/C15H17N3/c16-15-6-2-1-4-13(7-8-15)10-18-12-14-5-3-9-17-11-14/h2-3,5-11H,1,4,12,16H2/b6-2-,13-7+,15-8+,18-10?. The first-order chi connectivity index (χ1) is 8.84. The first-order valence-electron chi connectivity index (χ1n) is 6.06. The van der Waals surface area contributed by atoms with Gasteiger partial charge in [-0.3, -0.25) is 9.98 Å². The summed E-state index contributed by atoms with van der Waals surface area (Å²) in [6.07, 6.45) is 15.5. The fourth-order valence-electron chi connectivity index (χ4n) is 1.68. The predicted octanol–water partition coefficient (Wildman–Crippen LogP) is 2.77. The highest BCUT2D eigenvalue weighted by Crippen LogP contribution is 2.09. The van der Waals surface area contributed by atoms with E-state index in [9.17, 15) is 0 Å². The van der Waals surface area contributed by atoms with Gasteiger partial charge in [-0.1, -0.05) is 18.2 Å². The van der Waals surface area contributed by atoms with E-state index in [0.29, 0.717) is 6.54 Å². The summed E-state index contributed by atoms with van der Waals surface area (Å²) in [4.78, 5) is 8.50. The van der Waals surface area contributed by atoms with Gasteiger partial charge in [0.1, 0.15) is 0 Å². The molecule has 1 aliphatic carbocycles. The van der Waals surface area contributed by atoms with E-state index in [2.05, 4.69) is 16.1 Å². The maximum Gasteiger partial charge on any atom is 0.0654 e. The molecule has 0 aromatic carbocycles. The highest BCUT2D eigenvalue weighted by molar-refractivity contribution is 5.79. The van der Waals surface area contributed by atoms with Gasteiger partial charge in [-0.15, -0.1) is 0 Å². The summed E-state index contributed by atoms with van der Waals surface area (Å²) < 4.78 is 0. The van der Waals surface area contributed by atoms with Gasteiger partial charge in [-0.05, 0) is 42.2 Å². The molecule has 0 atom stereocenters. The number of allylic oxidation sites excluding steroid dienone is 5. The van der Waals surface area contributed by atoms with Crippen LogP contribution in [0, 0.1) is 0 Å². The van der Waals surface area contributed by atoms with Crippen LogP contribution in [0.15, 0.2) is 65.1 Å². The lowest BCUT2D eigenvalue weighted by Crippen LogP contribution is -1.95. The van der Waals surface area contributed by atoms with Crippen LogP contribution in [0.5, 0.6) is 0 Å². The topological polar surface area (TPSA) is 51.3 Å². The predicted molar refractivity (Wildman–Crippen MR) is 75.2 cm³/mol. The minimum atomic E-state index is 0.667. The van der Waals surface area contributed by atoms with Crippen LogP contribution in [0.4, 0.5) is 0 Å². The Balaban J connectivity index is 1.97. The molecule has 0 radical (unpaired) electrons. The molecule has 1 aliphatic rings. The molecule has 1 aromatic rings. The number of hydrogen-bond donors (Lipinski definition) is 1. The van der Waals surface area contributed by atoms with Crippen LogP contribution < -0.4 is 5.73 Å². The Hall–Kier alpha value is -2.16. The molecule has 1 heterocycles. The summed E-state index contributed by atoms with van der Waals surface area (Å²) >= 11 is 0. The van der Waals surface area contributed by atoms with Gasteiger partial charge in [0.25, 0.3) is 0 Å². The van der Waals surface area contributed by atoms with Crippen molar-refractivity contribution < 1.29 is 0 Å². The van der Waals surface area contributed by atoms with E-state index >= 15 is 0 Å². The summed E-state index contributed by atoms with van der Waals surface area (Å²) in [6, 6.07) is 3.95. The molecule has 92 valence electrons. The van der Waals surface area contributed by atoms with Gasteiger partial charge in [0.05, 0.1) is 6.54 Å². The Morgan fingerprint density at radius 1 is 1.39 bits per heavy atom. The third-order valence-electron chi connectivity index (χ3n) is 2.65. The van der Waals surface area contributed by atoms with Crippen molar-refractivity contribution >= 4 is 6.21 Å². The van der Waals surface area contributed by atoms with Crippen LogP contribution in [0.3, 0.4) is 0 Å². The molecule has 1 aromatic heterocycles. The third-order valence-corrected chi connectivity index (χ3v) is 2.65. The van der Waals surface area contributed by atoms with E-state index in [1.54, 1.807) is 6.20 Å². The molecule has 2 N–H and O–H groups in total. The second-order valence-electron chi connectivity index (χ2n) is 4.18. The monoisotopic (exact) mass is 239 g/mol. The van der Waals surface area contributed by atoms with Crippen molar-refractivity contribution in [3.05, 3.63) is 65.7 Å². The summed E-state index contributed by atoms with van der Waals surface area (Å²) in [5.41, 5.74) is 8.87. The molecule has 0 saturated heterocycles. The van der Waals surface area contributed by atoms with Gasteiger partial charge in [0.15, 0.2) is 0 Å². The quantitative estimate of drug-likeness (QED) is 0.824.